The Hall–Kier alpha value is -1.76. The molecule has 0 aliphatic heterocycles. The number of unbranched alkanes of at least 4 members (excludes halogenated alkanes) is 3. The Balaban J connectivity index is 1.60. The summed E-state index contributed by atoms with van der Waals surface area (Å²) in [6, 6.07) is 6.77. The summed E-state index contributed by atoms with van der Waals surface area (Å²) >= 11 is 13.1. The van der Waals surface area contributed by atoms with Crippen molar-refractivity contribution in [3.8, 4) is 11.5 Å². The molecule has 0 aromatic heterocycles. The van der Waals surface area contributed by atoms with E-state index in [0.29, 0.717) is 45.8 Å². The lowest BCUT2D eigenvalue weighted by Gasteiger charge is -2.04. The molecule has 0 bridgehead atoms. The average Bonchev–Trinajstić information content (AvgIpc) is 2.77. The quantitative estimate of drug-likeness (QED) is 0.127. The maximum absolute atomic E-state index is 11.9. The van der Waals surface area contributed by atoms with Gasteiger partial charge in [0, 0.05) is 32.9 Å². The molecule has 34 heavy (non-hydrogen) atoms. The van der Waals surface area contributed by atoms with Crippen LogP contribution < -0.4 is 10.9 Å². The number of hydrogen-bond acceptors (Lipinski definition) is 6. The molecule has 2 aromatic carbocycles. The Morgan fingerprint density at radius 3 is 1.47 bits per heavy atom. The molecular weight excluding hydrogens is 704 g/mol. The van der Waals surface area contributed by atoms with E-state index < -0.39 is 0 Å². The second-order valence-corrected chi connectivity index (χ2v) is 10.7. The molecule has 2 rings (SSSR count). The lowest BCUT2D eigenvalue weighted by molar-refractivity contribution is -0.122. The molecule has 0 radical (unpaired) electrons. The second-order valence-electron chi connectivity index (χ2n) is 7.15. The Kier molecular flexibility index (Phi) is 12.2. The Morgan fingerprint density at radius 1 is 0.706 bits per heavy atom. The summed E-state index contributed by atoms with van der Waals surface area (Å²) < 4.78 is 2.57. The minimum absolute atomic E-state index is 0.0373. The molecule has 0 unspecified atom stereocenters. The van der Waals surface area contributed by atoms with Gasteiger partial charge in [-0.1, -0.05) is 44.7 Å². The molecule has 2 aromatic rings. The zero-order valence-electron chi connectivity index (χ0n) is 17.8. The molecule has 12 heteroatoms. The van der Waals surface area contributed by atoms with Crippen LogP contribution >= 0.6 is 63.7 Å². The van der Waals surface area contributed by atoms with Gasteiger partial charge in [-0.15, -0.1) is 0 Å². The highest BCUT2D eigenvalue weighted by Gasteiger charge is 2.07. The number of hydrogen-bond donors (Lipinski definition) is 4. The van der Waals surface area contributed by atoms with Crippen LogP contribution in [0, 0.1) is 0 Å². The molecule has 8 nitrogen and oxygen atoms in total. The largest absolute Gasteiger partial charge is 0.506 e. The smallest absolute Gasteiger partial charge is 0.240 e. The normalized spacial score (nSPS) is 11.3. The second kappa shape index (κ2) is 14.6. The van der Waals surface area contributed by atoms with E-state index in [2.05, 4.69) is 84.8 Å². The number of nitrogens with zero attached hydrogens (tertiary/aromatic N) is 2. The topological polar surface area (TPSA) is 123 Å². The van der Waals surface area contributed by atoms with Crippen molar-refractivity contribution in [1.29, 1.82) is 0 Å². The van der Waals surface area contributed by atoms with Crippen molar-refractivity contribution in [3.63, 3.8) is 0 Å². The number of rotatable bonds is 11. The maximum atomic E-state index is 11.9. The Bertz CT molecular complexity index is 1010. The number of carbonyl (C=O) groups excluding carboxylic acids is 2. The van der Waals surface area contributed by atoms with Crippen LogP contribution in [0.15, 0.2) is 52.4 Å². The van der Waals surface area contributed by atoms with E-state index in [1.165, 1.54) is 12.4 Å². The minimum atomic E-state index is -0.223. The van der Waals surface area contributed by atoms with Gasteiger partial charge in [0.1, 0.15) is 11.5 Å². The molecule has 0 saturated heterocycles. The summed E-state index contributed by atoms with van der Waals surface area (Å²) in [7, 11) is 0. The van der Waals surface area contributed by atoms with Crippen LogP contribution in [0.25, 0.3) is 0 Å². The number of phenolic OH excluding ortho intramolecular Hbond substituents is 2. The third kappa shape index (κ3) is 9.85. The first-order valence-electron chi connectivity index (χ1n) is 10.2. The van der Waals surface area contributed by atoms with E-state index in [4.69, 9.17) is 0 Å². The van der Waals surface area contributed by atoms with Gasteiger partial charge >= 0.3 is 0 Å². The summed E-state index contributed by atoms with van der Waals surface area (Å²) in [5, 5.41) is 27.7. The number of carbonyl (C=O) groups is 2. The van der Waals surface area contributed by atoms with Crippen molar-refractivity contribution in [3.05, 3.63) is 53.3 Å². The van der Waals surface area contributed by atoms with Gasteiger partial charge in [-0.25, -0.2) is 10.9 Å². The standard InChI is InChI=1S/C22H22Br4N4O4/c23-15-7-13(21(33)17(25)9-15)11-27-29-19(31)5-3-1-2-4-6-20(32)30-28-12-14-8-16(24)10-18(26)22(14)34/h7-12,33-34H,1-6H2,(H,29,31)(H,30,32). The highest BCUT2D eigenvalue weighted by Crippen LogP contribution is 2.31. The van der Waals surface area contributed by atoms with Gasteiger partial charge in [-0.05, 0) is 69.0 Å². The first-order chi connectivity index (χ1) is 16.2. The van der Waals surface area contributed by atoms with Crippen molar-refractivity contribution in [2.24, 2.45) is 10.2 Å². The lowest BCUT2D eigenvalue weighted by atomic mass is 10.1. The van der Waals surface area contributed by atoms with E-state index in [-0.39, 0.29) is 23.3 Å². The molecule has 0 saturated carbocycles. The number of amides is 2. The van der Waals surface area contributed by atoms with Crippen molar-refractivity contribution < 1.29 is 19.8 Å². The van der Waals surface area contributed by atoms with Crippen LogP contribution in [0.3, 0.4) is 0 Å². The molecule has 2 amide bonds. The SMILES string of the molecule is O=C(CCCCCCC(=O)NN=Cc1cc(Br)cc(Br)c1O)NN=Cc1cc(Br)cc(Br)c1O. The Morgan fingerprint density at radius 2 is 1.09 bits per heavy atom. The number of aromatic hydroxyl groups is 2. The fourth-order valence-electron chi connectivity index (χ4n) is 2.75. The first-order valence-corrected chi connectivity index (χ1v) is 13.3. The highest BCUT2D eigenvalue weighted by atomic mass is 79.9. The van der Waals surface area contributed by atoms with Crippen molar-refractivity contribution in [2.45, 2.75) is 38.5 Å². The summed E-state index contributed by atoms with van der Waals surface area (Å²) in [4.78, 5) is 23.8. The summed E-state index contributed by atoms with van der Waals surface area (Å²) in [5.74, 6) is -0.371. The molecule has 182 valence electrons. The van der Waals surface area contributed by atoms with Crippen LogP contribution in [-0.4, -0.2) is 34.5 Å². The number of nitrogens with one attached hydrogen (secondary N) is 2. The van der Waals surface area contributed by atoms with E-state index >= 15 is 0 Å². The van der Waals surface area contributed by atoms with Gasteiger partial charge in [-0.2, -0.15) is 10.2 Å². The lowest BCUT2D eigenvalue weighted by Crippen LogP contribution is -2.17. The number of phenols is 2. The molecule has 0 fully saturated rings. The fourth-order valence-corrected chi connectivity index (χ4v) is 5.27. The average molecular weight is 726 g/mol. The van der Waals surface area contributed by atoms with Crippen LogP contribution in [0.4, 0.5) is 0 Å². The molecule has 4 N–H and O–H groups in total. The predicted molar refractivity (Wildman–Crippen MR) is 146 cm³/mol. The van der Waals surface area contributed by atoms with E-state index in [9.17, 15) is 19.8 Å². The molecule has 0 heterocycles. The zero-order chi connectivity index (χ0) is 25.1. The van der Waals surface area contributed by atoms with Crippen LogP contribution in [0.2, 0.25) is 0 Å². The third-order valence-electron chi connectivity index (χ3n) is 4.46. The van der Waals surface area contributed by atoms with E-state index in [1.807, 2.05) is 0 Å². The number of hydrazone groups is 2. The van der Waals surface area contributed by atoms with E-state index in [0.717, 1.165) is 21.8 Å². The van der Waals surface area contributed by atoms with Gasteiger partial charge < -0.3 is 10.2 Å². The molecule has 0 aliphatic carbocycles. The maximum Gasteiger partial charge on any atom is 0.240 e. The summed E-state index contributed by atoms with van der Waals surface area (Å²) in [5.41, 5.74) is 5.80. The minimum Gasteiger partial charge on any atom is -0.506 e. The van der Waals surface area contributed by atoms with Crippen molar-refractivity contribution in [1.82, 2.24) is 10.9 Å². The molecule has 0 atom stereocenters. The summed E-state index contributed by atoms with van der Waals surface area (Å²) in [6.07, 6.45) is 6.32. The van der Waals surface area contributed by atoms with Crippen LogP contribution in [-0.2, 0) is 9.59 Å². The van der Waals surface area contributed by atoms with Crippen LogP contribution in [0.1, 0.15) is 49.7 Å². The monoisotopic (exact) mass is 722 g/mol. The van der Waals surface area contributed by atoms with Crippen molar-refractivity contribution >= 4 is 88.0 Å². The zero-order valence-corrected chi connectivity index (χ0v) is 24.2. The number of benzene rings is 2. The predicted octanol–water partition coefficient (Wildman–Crippen LogP) is 6.09. The third-order valence-corrected chi connectivity index (χ3v) is 6.58. The number of halogens is 4. The van der Waals surface area contributed by atoms with Gasteiger partial charge in [0.15, 0.2) is 0 Å². The van der Waals surface area contributed by atoms with Crippen LogP contribution in [0.5, 0.6) is 11.5 Å². The van der Waals surface area contributed by atoms with Gasteiger partial charge in [0.2, 0.25) is 11.8 Å². The Labute approximate surface area is 230 Å². The highest BCUT2D eigenvalue weighted by molar-refractivity contribution is 9.11. The van der Waals surface area contributed by atoms with Gasteiger partial charge in [0.25, 0.3) is 0 Å². The van der Waals surface area contributed by atoms with Gasteiger partial charge in [-0.3, -0.25) is 9.59 Å². The van der Waals surface area contributed by atoms with E-state index in [1.54, 1.807) is 24.3 Å². The molecular formula is C22H22Br4N4O4. The molecule has 0 spiro atoms. The first kappa shape index (κ1) is 28.5. The fraction of sp³-hybridized carbons (Fsp3) is 0.273. The molecule has 0 aliphatic rings. The summed E-state index contributed by atoms with van der Waals surface area (Å²) in [6.45, 7) is 0. The van der Waals surface area contributed by atoms with Crippen molar-refractivity contribution in [2.75, 3.05) is 0 Å². The van der Waals surface area contributed by atoms with Gasteiger partial charge in [0.05, 0.1) is 21.4 Å².